The molecule has 0 aliphatic carbocycles. The fraction of sp³-hybridized carbons (Fsp3) is 0.0714. The minimum absolute atomic E-state index is 0.298. The number of fused-ring (bicyclic) bond motifs is 1. The predicted octanol–water partition coefficient (Wildman–Crippen LogP) is 2.47. The second kappa shape index (κ2) is 5.54. The van der Waals surface area contributed by atoms with Crippen LogP contribution >= 0.6 is 0 Å². The maximum Gasteiger partial charge on any atom is 0.416 e. The number of hydrogen-bond acceptors (Lipinski definition) is 6. The Morgan fingerprint density at radius 1 is 1.08 bits per heavy atom. The smallest absolute Gasteiger partial charge is 0.336 e. The van der Waals surface area contributed by atoms with E-state index >= 15 is 0 Å². The molecule has 3 heterocycles. The van der Waals surface area contributed by atoms with Gasteiger partial charge in [-0.25, -0.2) is 4.68 Å². The summed E-state index contributed by atoms with van der Waals surface area (Å²) in [4.78, 5) is 0. The first kappa shape index (κ1) is 15.1. The van der Waals surface area contributed by atoms with E-state index in [9.17, 15) is 13.2 Å². The third-order valence-electron chi connectivity index (χ3n) is 3.36. The number of nitrogens with zero attached hydrogens (tertiary/aromatic N) is 7. The zero-order valence-corrected chi connectivity index (χ0v) is 12.4. The molecular formula is C14H9F3N8. The molecule has 25 heavy (non-hydrogen) atoms. The molecule has 4 rings (SSSR count). The SMILES string of the molecule is FC(F)(F)c1cccc(-n2cc(Nc3ccc4nnnn4n3)cn2)c1. The highest BCUT2D eigenvalue weighted by Gasteiger charge is 2.30. The van der Waals surface area contributed by atoms with Crippen molar-refractivity contribution < 1.29 is 13.2 Å². The normalized spacial score (nSPS) is 11.8. The van der Waals surface area contributed by atoms with Crippen LogP contribution in [0.3, 0.4) is 0 Å². The first-order valence-corrected chi connectivity index (χ1v) is 7.04. The van der Waals surface area contributed by atoms with Gasteiger partial charge in [0.05, 0.1) is 29.3 Å². The number of nitrogens with one attached hydrogen (secondary N) is 1. The van der Waals surface area contributed by atoms with Crippen LogP contribution in [0.4, 0.5) is 24.7 Å². The van der Waals surface area contributed by atoms with Gasteiger partial charge in [-0.15, -0.1) is 14.8 Å². The Bertz CT molecular complexity index is 1040. The highest BCUT2D eigenvalue weighted by molar-refractivity contribution is 5.56. The summed E-state index contributed by atoms with van der Waals surface area (Å²) < 4.78 is 41.0. The molecule has 0 aliphatic rings. The number of anilines is 2. The molecule has 0 spiro atoms. The van der Waals surface area contributed by atoms with E-state index in [0.717, 1.165) is 12.1 Å². The van der Waals surface area contributed by atoms with Crippen molar-refractivity contribution in [1.82, 2.24) is 35.0 Å². The molecule has 1 aromatic carbocycles. The van der Waals surface area contributed by atoms with Crippen LogP contribution in [0.25, 0.3) is 11.3 Å². The van der Waals surface area contributed by atoms with Gasteiger partial charge < -0.3 is 5.32 Å². The summed E-state index contributed by atoms with van der Waals surface area (Å²) in [6.07, 6.45) is -1.37. The third kappa shape index (κ3) is 2.98. The lowest BCUT2D eigenvalue weighted by atomic mass is 10.2. The van der Waals surface area contributed by atoms with E-state index in [1.54, 1.807) is 18.3 Å². The molecule has 126 valence electrons. The van der Waals surface area contributed by atoms with Gasteiger partial charge in [0.25, 0.3) is 0 Å². The fourth-order valence-corrected chi connectivity index (χ4v) is 2.22. The van der Waals surface area contributed by atoms with Crippen LogP contribution in [-0.2, 0) is 6.18 Å². The van der Waals surface area contributed by atoms with Gasteiger partial charge >= 0.3 is 6.18 Å². The van der Waals surface area contributed by atoms with Crippen LogP contribution in [0.2, 0.25) is 0 Å². The molecule has 0 saturated heterocycles. The summed E-state index contributed by atoms with van der Waals surface area (Å²) in [7, 11) is 0. The Labute approximate surface area is 137 Å². The lowest BCUT2D eigenvalue weighted by Crippen LogP contribution is -2.06. The molecule has 0 aliphatic heterocycles. The lowest BCUT2D eigenvalue weighted by molar-refractivity contribution is -0.137. The Kier molecular flexibility index (Phi) is 3.34. The average molecular weight is 346 g/mol. The Hall–Kier alpha value is -3.50. The van der Waals surface area contributed by atoms with Crippen molar-refractivity contribution in [2.24, 2.45) is 0 Å². The fourth-order valence-electron chi connectivity index (χ4n) is 2.22. The van der Waals surface area contributed by atoms with Crippen LogP contribution in [0, 0.1) is 0 Å². The van der Waals surface area contributed by atoms with E-state index in [-0.39, 0.29) is 0 Å². The van der Waals surface area contributed by atoms with Gasteiger partial charge in [-0.05, 0) is 40.8 Å². The summed E-state index contributed by atoms with van der Waals surface area (Å²) in [6.45, 7) is 0. The van der Waals surface area contributed by atoms with E-state index in [2.05, 4.69) is 31.0 Å². The zero-order chi connectivity index (χ0) is 17.4. The first-order valence-electron chi connectivity index (χ1n) is 7.04. The van der Waals surface area contributed by atoms with Crippen LogP contribution in [-0.4, -0.2) is 35.0 Å². The summed E-state index contributed by atoms with van der Waals surface area (Å²) in [5.41, 5.74) is 0.607. The second-order valence-electron chi connectivity index (χ2n) is 5.09. The molecule has 4 aromatic rings. The summed E-state index contributed by atoms with van der Waals surface area (Å²) in [5.74, 6) is 0.461. The predicted molar refractivity (Wildman–Crippen MR) is 80.4 cm³/mol. The lowest BCUT2D eigenvalue weighted by Gasteiger charge is -2.08. The monoisotopic (exact) mass is 346 g/mol. The summed E-state index contributed by atoms with van der Waals surface area (Å²) >= 11 is 0. The van der Waals surface area contributed by atoms with Gasteiger partial charge in [0.15, 0.2) is 11.5 Å². The summed E-state index contributed by atoms with van der Waals surface area (Å²) in [6, 6.07) is 8.26. The quantitative estimate of drug-likeness (QED) is 0.613. The number of tetrazole rings is 1. The molecule has 0 unspecified atom stereocenters. The Balaban J connectivity index is 1.59. The van der Waals surface area contributed by atoms with Crippen molar-refractivity contribution in [2.75, 3.05) is 5.32 Å². The maximum atomic E-state index is 12.8. The highest BCUT2D eigenvalue weighted by Crippen LogP contribution is 2.30. The topological polar surface area (TPSA) is 85.8 Å². The molecule has 8 nitrogen and oxygen atoms in total. The largest absolute Gasteiger partial charge is 0.416 e. The Morgan fingerprint density at radius 3 is 2.80 bits per heavy atom. The van der Waals surface area contributed by atoms with Gasteiger partial charge in [0, 0.05) is 0 Å². The minimum atomic E-state index is -4.41. The number of rotatable bonds is 3. The molecule has 3 aromatic heterocycles. The third-order valence-corrected chi connectivity index (χ3v) is 3.36. The molecule has 0 fully saturated rings. The Morgan fingerprint density at radius 2 is 1.96 bits per heavy atom. The van der Waals surface area contributed by atoms with Crippen molar-refractivity contribution in [3.8, 4) is 5.69 Å². The van der Waals surface area contributed by atoms with Crippen LogP contribution < -0.4 is 5.32 Å². The van der Waals surface area contributed by atoms with Gasteiger partial charge in [-0.2, -0.15) is 18.3 Å². The van der Waals surface area contributed by atoms with E-state index < -0.39 is 11.7 Å². The van der Waals surface area contributed by atoms with Crippen LogP contribution in [0.5, 0.6) is 0 Å². The van der Waals surface area contributed by atoms with Crippen molar-refractivity contribution in [3.05, 3.63) is 54.4 Å². The first-order chi connectivity index (χ1) is 12.0. The molecule has 11 heteroatoms. The molecule has 1 N–H and O–H groups in total. The average Bonchev–Trinajstić information content (AvgIpc) is 3.23. The van der Waals surface area contributed by atoms with Crippen molar-refractivity contribution >= 4 is 17.2 Å². The number of halogens is 3. The molecule has 0 saturated carbocycles. The standard InChI is InChI=1S/C14H9F3N8/c15-14(16,17)9-2-1-3-11(6-9)24-8-10(7-18-24)19-12-4-5-13-20-22-23-25(13)21-12/h1-8H,(H,19,21). The molecule has 0 amide bonds. The zero-order valence-electron chi connectivity index (χ0n) is 12.4. The summed E-state index contributed by atoms with van der Waals surface area (Å²) in [5, 5.41) is 22.1. The van der Waals surface area contributed by atoms with Crippen LogP contribution in [0.1, 0.15) is 5.56 Å². The molecule has 0 radical (unpaired) electrons. The van der Waals surface area contributed by atoms with E-state index in [1.807, 2.05) is 0 Å². The van der Waals surface area contributed by atoms with E-state index in [1.165, 1.54) is 27.6 Å². The minimum Gasteiger partial charge on any atom is -0.336 e. The molecule has 0 atom stereocenters. The van der Waals surface area contributed by atoms with Crippen molar-refractivity contribution in [3.63, 3.8) is 0 Å². The number of alkyl halides is 3. The molecule has 0 bridgehead atoms. The number of hydrogen-bond donors (Lipinski definition) is 1. The van der Waals surface area contributed by atoms with Gasteiger partial charge in [0.2, 0.25) is 0 Å². The van der Waals surface area contributed by atoms with Crippen LogP contribution in [0.15, 0.2) is 48.8 Å². The maximum absolute atomic E-state index is 12.8. The highest BCUT2D eigenvalue weighted by atomic mass is 19.4. The van der Waals surface area contributed by atoms with Crippen molar-refractivity contribution in [1.29, 1.82) is 0 Å². The van der Waals surface area contributed by atoms with Gasteiger partial charge in [-0.3, -0.25) is 0 Å². The van der Waals surface area contributed by atoms with Gasteiger partial charge in [0.1, 0.15) is 0 Å². The van der Waals surface area contributed by atoms with Crippen molar-refractivity contribution in [2.45, 2.75) is 6.18 Å². The molecular weight excluding hydrogens is 337 g/mol. The van der Waals surface area contributed by atoms with E-state index in [0.29, 0.717) is 22.8 Å². The number of benzene rings is 1. The second-order valence-corrected chi connectivity index (χ2v) is 5.09. The number of aromatic nitrogens is 7. The van der Waals surface area contributed by atoms with Gasteiger partial charge in [-0.1, -0.05) is 6.07 Å². The van der Waals surface area contributed by atoms with E-state index in [4.69, 9.17) is 0 Å².